The standard InChI is InChI=1S/C10H15N3O3/c1-4-16-9(15)5-8-6-11-13(3)10(8)12-7(2)14/h6H,4-5H2,1-3H3,(H,12,14). The van der Waals surface area contributed by atoms with Crippen LogP contribution in [0.1, 0.15) is 19.4 Å². The van der Waals surface area contributed by atoms with Gasteiger partial charge in [0.25, 0.3) is 0 Å². The molecule has 1 heterocycles. The first-order valence-electron chi connectivity index (χ1n) is 4.98. The quantitative estimate of drug-likeness (QED) is 0.756. The summed E-state index contributed by atoms with van der Waals surface area (Å²) < 4.78 is 6.34. The Morgan fingerprint density at radius 3 is 2.81 bits per heavy atom. The highest BCUT2D eigenvalue weighted by Gasteiger charge is 2.13. The van der Waals surface area contributed by atoms with Crippen molar-refractivity contribution in [3.63, 3.8) is 0 Å². The number of esters is 1. The SMILES string of the molecule is CCOC(=O)Cc1cnn(C)c1NC(C)=O. The maximum atomic E-state index is 11.3. The second-order valence-corrected chi connectivity index (χ2v) is 3.31. The van der Waals surface area contributed by atoms with Gasteiger partial charge >= 0.3 is 5.97 Å². The Morgan fingerprint density at radius 1 is 1.56 bits per heavy atom. The van der Waals surface area contributed by atoms with Gasteiger partial charge in [0.05, 0.1) is 19.2 Å². The molecule has 0 bridgehead atoms. The Balaban J connectivity index is 2.79. The molecule has 1 N–H and O–H groups in total. The zero-order valence-electron chi connectivity index (χ0n) is 9.61. The van der Waals surface area contributed by atoms with Crippen molar-refractivity contribution in [2.45, 2.75) is 20.3 Å². The van der Waals surface area contributed by atoms with Crippen LogP contribution in [0.2, 0.25) is 0 Å². The van der Waals surface area contributed by atoms with Crippen LogP contribution >= 0.6 is 0 Å². The van der Waals surface area contributed by atoms with E-state index in [2.05, 4.69) is 10.4 Å². The van der Waals surface area contributed by atoms with Gasteiger partial charge < -0.3 is 10.1 Å². The number of hydrogen-bond donors (Lipinski definition) is 1. The van der Waals surface area contributed by atoms with E-state index in [1.807, 2.05) is 0 Å². The topological polar surface area (TPSA) is 73.2 Å². The number of carbonyl (C=O) groups excluding carboxylic acids is 2. The lowest BCUT2D eigenvalue weighted by atomic mass is 10.2. The van der Waals surface area contributed by atoms with Crippen LogP contribution < -0.4 is 5.32 Å². The summed E-state index contributed by atoms with van der Waals surface area (Å²) in [7, 11) is 1.69. The van der Waals surface area contributed by atoms with Gasteiger partial charge in [-0.05, 0) is 6.92 Å². The van der Waals surface area contributed by atoms with Crippen molar-refractivity contribution < 1.29 is 14.3 Å². The van der Waals surface area contributed by atoms with Gasteiger partial charge in [-0.1, -0.05) is 0 Å². The fourth-order valence-electron chi connectivity index (χ4n) is 1.31. The summed E-state index contributed by atoms with van der Waals surface area (Å²) in [5, 5.41) is 6.60. The van der Waals surface area contributed by atoms with E-state index in [9.17, 15) is 9.59 Å². The molecule has 0 saturated heterocycles. The summed E-state index contributed by atoms with van der Waals surface area (Å²) in [5.74, 6) is -0.00337. The Hall–Kier alpha value is -1.85. The average Bonchev–Trinajstić information content (AvgIpc) is 2.49. The van der Waals surface area contributed by atoms with Crippen molar-refractivity contribution in [3.05, 3.63) is 11.8 Å². The molecule has 0 unspecified atom stereocenters. The van der Waals surface area contributed by atoms with Crippen LogP contribution in [0.25, 0.3) is 0 Å². The molecular formula is C10H15N3O3. The molecule has 1 aromatic heterocycles. The number of ether oxygens (including phenoxy) is 1. The fraction of sp³-hybridized carbons (Fsp3) is 0.500. The maximum Gasteiger partial charge on any atom is 0.310 e. The minimum absolute atomic E-state index is 0.108. The molecule has 1 rings (SSSR count). The Morgan fingerprint density at radius 2 is 2.25 bits per heavy atom. The van der Waals surface area contributed by atoms with Gasteiger partial charge in [-0.25, -0.2) is 0 Å². The fourth-order valence-corrected chi connectivity index (χ4v) is 1.31. The number of nitrogens with one attached hydrogen (secondary N) is 1. The van der Waals surface area contributed by atoms with E-state index in [-0.39, 0.29) is 18.3 Å². The number of anilines is 1. The summed E-state index contributed by atoms with van der Waals surface area (Å²) in [5.41, 5.74) is 0.649. The molecule has 0 aromatic carbocycles. The summed E-state index contributed by atoms with van der Waals surface area (Å²) in [6, 6.07) is 0. The van der Waals surface area contributed by atoms with Gasteiger partial charge in [0.15, 0.2) is 0 Å². The molecule has 0 spiro atoms. The first-order valence-corrected chi connectivity index (χ1v) is 4.98. The summed E-state index contributed by atoms with van der Waals surface area (Å²) in [6.45, 7) is 3.49. The van der Waals surface area contributed by atoms with Crippen LogP contribution in [-0.4, -0.2) is 28.3 Å². The largest absolute Gasteiger partial charge is 0.466 e. The predicted octanol–water partition coefficient (Wildman–Crippen LogP) is 0.484. The van der Waals surface area contributed by atoms with E-state index in [1.165, 1.54) is 11.6 Å². The van der Waals surface area contributed by atoms with Gasteiger partial charge in [-0.15, -0.1) is 0 Å². The smallest absolute Gasteiger partial charge is 0.310 e. The Labute approximate surface area is 93.6 Å². The highest BCUT2D eigenvalue weighted by molar-refractivity contribution is 5.89. The zero-order valence-corrected chi connectivity index (χ0v) is 9.61. The molecule has 0 aliphatic carbocycles. The van der Waals surface area contributed by atoms with Crippen LogP contribution in [0, 0.1) is 0 Å². The Kier molecular flexibility index (Phi) is 4.04. The van der Waals surface area contributed by atoms with Crippen molar-refractivity contribution in [1.82, 2.24) is 9.78 Å². The van der Waals surface area contributed by atoms with Crippen molar-refractivity contribution >= 4 is 17.7 Å². The van der Waals surface area contributed by atoms with Crippen LogP contribution in [-0.2, 0) is 27.8 Å². The number of carbonyl (C=O) groups is 2. The lowest BCUT2D eigenvalue weighted by Crippen LogP contribution is -2.14. The highest BCUT2D eigenvalue weighted by Crippen LogP contribution is 2.14. The molecule has 1 amide bonds. The molecule has 0 saturated carbocycles. The van der Waals surface area contributed by atoms with Crippen LogP contribution in [0.5, 0.6) is 0 Å². The summed E-state index contributed by atoms with van der Waals surface area (Å²) >= 11 is 0. The van der Waals surface area contributed by atoms with Crippen molar-refractivity contribution in [3.8, 4) is 0 Å². The minimum atomic E-state index is -0.331. The predicted molar refractivity (Wildman–Crippen MR) is 57.8 cm³/mol. The first-order chi connectivity index (χ1) is 7.54. The molecule has 0 aliphatic heterocycles. The van der Waals surface area contributed by atoms with Crippen LogP contribution in [0.4, 0.5) is 5.82 Å². The number of hydrogen-bond acceptors (Lipinski definition) is 4. The maximum absolute atomic E-state index is 11.3. The number of amides is 1. The van der Waals surface area contributed by atoms with Crippen LogP contribution in [0.15, 0.2) is 6.20 Å². The molecule has 0 aliphatic rings. The number of aromatic nitrogens is 2. The molecule has 16 heavy (non-hydrogen) atoms. The molecular weight excluding hydrogens is 210 g/mol. The molecule has 0 atom stereocenters. The van der Waals surface area contributed by atoms with E-state index in [0.717, 1.165) is 0 Å². The lowest BCUT2D eigenvalue weighted by Gasteiger charge is -2.06. The number of aryl methyl sites for hydroxylation is 1. The van der Waals surface area contributed by atoms with Gasteiger partial charge in [0.2, 0.25) is 5.91 Å². The third-order valence-corrected chi connectivity index (χ3v) is 1.95. The Bertz CT molecular complexity index is 398. The van der Waals surface area contributed by atoms with E-state index in [0.29, 0.717) is 18.0 Å². The van der Waals surface area contributed by atoms with Crippen molar-refractivity contribution in [2.24, 2.45) is 7.05 Å². The molecule has 0 radical (unpaired) electrons. The second-order valence-electron chi connectivity index (χ2n) is 3.31. The first kappa shape index (κ1) is 12.2. The summed E-state index contributed by atoms with van der Waals surface area (Å²) in [6.07, 6.45) is 1.65. The van der Waals surface area contributed by atoms with Gasteiger partial charge in [0, 0.05) is 19.5 Å². The third-order valence-electron chi connectivity index (χ3n) is 1.95. The van der Waals surface area contributed by atoms with Gasteiger partial charge in [-0.2, -0.15) is 5.10 Å². The second kappa shape index (κ2) is 5.29. The number of nitrogens with zero attached hydrogens (tertiary/aromatic N) is 2. The lowest BCUT2D eigenvalue weighted by molar-refractivity contribution is -0.142. The third kappa shape index (κ3) is 3.08. The number of rotatable bonds is 4. The molecule has 1 aromatic rings. The minimum Gasteiger partial charge on any atom is -0.466 e. The average molecular weight is 225 g/mol. The monoisotopic (exact) mass is 225 g/mol. The molecule has 88 valence electrons. The molecule has 6 nitrogen and oxygen atoms in total. The van der Waals surface area contributed by atoms with E-state index in [1.54, 1.807) is 20.2 Å². The molecule has 6 heteroatoms. The molecule has 0 fully saturated rings. The zero-order chi connectivity index (χ0) is 12.1. The van der Waals surface area contributed by atoms with Gasteiger partial charge in [0.1, 0.15) is 5.82 Å². The van der Waals surface area contributed by atoms with E-state index >= 15 is 0 Å². The van der Waals surface area contributed by atoms with Crippen molar-refractivity contribution in [2.75, 3.05) is 11.9 Å². The highest BCUT2D eigenvalue weighted by atomic mass is 16.5. The van der Waals surface area contributed by atoms with E-state index in [4.69, 9.17) is 4.74 Å². The van der Waals surface area contributed by atoms with E-state index < -0.39 is 0 Å². The van der Waals surface area contributed by atoms with Crippen molar-refractivity contribution in [1.29, 1.82) is 0 Å². The van der Waals surface area contributed by atoms with Gasteiger partial charge in [-0.3, -0.25) is 14.3 Å². The summed E-state index contributed by atoms with van der Waals surface area (Å²) in [4.78, 5) is 22.2. The normalized spacial score (nSPS) is 9.94. The van der Waals surface area contributed by atoms with Crippen LogP contribution in [0.3, 0.4) is 0 Å².